The summed E-state index contributed by atoms with van der Waals surface area (Å²) in [5.74, 6) is -2.06. The number of aromatic nitrogens is 1. The van der Waals surface area contributed by atoms with Gasteiger partial charge in [-0.25, -0.2) is 8.78 Å². The van der Waals surface area contributed by atoms with Crippen LogP contribution in [-0.4, -0.2) is 33.5 Å². The average molecular weight is 332 g/mol. The molecule has 2 heterocycles. The first-order valence-electron chi connectivity index (χ1n) is 7.78. The Kier molecular flexibility index (Phi) is 4.57. The van der Waals surface area contributed by atoms with Gasteiger partial charge in [0.15, 0.2) is 11.6 Å². The van der Waals surface area contributed by atoms with Crippen molar-refractivity contribution in [1.29, 1.82) is 0 Å². The molecule has 2 aromatic rings. The summed E-state index contributed by atoms with van der Waals surface area (Å²) in [6, 6.07) is 6.79. The number of halogens is 2. The third kappa shape index (κ3) is 3.43. The van der Waals surface area contributed by atoms with Crippen LogP contribution in [0.25, 0.3) is 0 Å². The number of nitrogens with zero attached hydrogens (tertiary/aromatic N) is 2. The van der Waals surface area contributed by atoms with Crippen LogP contribution in [0.2, 0.25) is 0 Å². The van der Waals surface area contributed by atoms with Crippen molar-refractivity contribution in [1.82, 2.24) is 9.88 Å². The van der Waals surface area contributed by atoms with E-state index >= 15 is 0 Å². The number of carbonyl (C=O) groups excluding carboxylic acids is 1. The fourth-order valence-corrected chi connectivity index (χ4v) is 3.00. The van der Waals surface area contributed by atoms with Crippen LogP contribution in [0.3, 0.4) is 0 Å². The molecule has 1 N–H and O–H groups in total. The molecule has 1 saturated heterocycles. The molecule has 126 valence electrons. The minimum atomic E-state index is -0.955. The zero-order valence-corrected chi connectivity index (χ0v) is 13.2. The molecule has 24 heavy (non-hydrogen) atoms. The molecule has 0 spiro atoms. The molecule has 1 amide bonds. The van der Waals surface area contributed by atoms with E-state index in [1.165, 1.54) is 11.0 Å². The fourth-order valence-electron chi connectivity index (χ4n) is 3.00. The summed E-state index contributed by atoms with van der Waals surface area (Å²) in [7, 11) is 0. The minimum absolute atomic E-state index is 0.153. The summed E-state index contributed by atoms with van der Waals surface area (Å²) in [4.78, 5) is 18.3. The van der Waals surface area contributed by atoms with Crippen molar-refractivity contribution in [2.24, 2.45) is 0 Å². The van der Waals surface area contributed by atoms with Crippen LogP contribution in [0, 0.1) is 18.6 Å². The molecule has 1 aromatic carbocycles. The maximum absolute atomic E-state index is 13.5. The van der Waals surface area contributed by atoms with E-state index in [-0.39, 0.29) is 18.9 Å². The van der Waals surface area contributed by atoms with Crippen LogP contribution in [0.4, 0.5) is 8.78 Å². The zero-order chi connectivity index (χ0) is 17.3. The van der Waals surface area contributed by atoms with Gasteiger partial charge in [0.2, 0.25) is 5.91 Å². The van der Waals surface area contributed by atoms with Crippen LogP contribution in [0.15, 0.2) is 36.5 Å². The van der Waals surface area contributed by atoms with E-state index in [1.54, 1.807) is 6.20 Å². The van der Waals surface area contributed by atoms with Gasteiger partial charge in [-0.15, -0.1) is 0 Å². The van der Waals surface area contributed by atoms with Crippen LogP contribution in [0.1, 0.15) is 29.3 Å². The Labute approximate surface area is 138 Å². The van der Waals surface area contributed by atoms with Crippen LogP contribution < -0.4 is 0 Å². The number of carbonyl (C=O) groups is 1. The third-order valence-corrected chi connectivity index (χ3v) is 4.26. The second-order valence-corrected chi connectivity index (χ2v) is 6.11. The number of likely N-dealkylation sites (tertiary alicyclic amines) is 1. The van der Waals surface area contributed by atoms with Gasteiger partial charge in [-0.05, 0) is 42.7 Å². The lowest BCUT2D eigenvalue weighted by Crippen LogP contribution is -2.33. The van der Waals surface area contributed by atoms with Crippen LogP contribution in [0.5, 0.6) is 0 Å². The first kappa shape index (κ1) is 16.5. The molecule has 0 radical (unpaired) electrons. The summed E-state index contributed by atoms with van der Waals surface area (Å²) in [5, 5.41) is 9.93. The molecular formula is C18H18F2N2O2. The normalized spacial score (nSPS) is 20.4. The number of rotatable bonds is 3. The van der Waals surface area contributed by atoms with Gasteiger partial charge < -0.3 is 10.0 Å². The van der Waals surface area contributed by atoms with E-state index in [4.69, 9.17) is 0 Å². The summed E-state index contributed by atoms with van der Waals surface area (Å²) in [5.41, 5.74) is 2.12. The number of pyridine rings is 1. The van der Waals surface area contributed by atoms with Crippen molar-refractivity contribution < 1.29 is 18.7 Å². The Morgan fingerprint density at radius 3 is 2.75 bits per heavy atom. The van der Waals surface area contributed by atoms with Gasteiger partial charge in [-0.3, -0.25) is 9.78 Å². The first-order valence-corrected chi connectivity index (χ1v) is 7.78. The van der Waals surface area contributed by atoms with Gasteiger partial charge in [-0.2, -0.15) is 0 Å². The maximum Gasteiger partial charge on any atom is 0.227 e. The quantitative estimate of drug-likeness (QED) is 0.940. The SMILES string of the molecule is Cc1ccc(CC(=O)N2C[C@@H](O)C[C@@H]2c2ccc(F)c(F)c2)cn1. The molecule has 0 bridgehead atoms. The smallest absolute Gasteiger partial charge is 0.227 e. The summed E-state index contributed by atoms with van der Waals surface area (Å²) >= 11 is 0. The molecule has 1 aromatic heterocycles. The van der Waals surface area contributed by atoms with Gasteiger partial charge in [0.1, 0.15) is 0 Å². The van der Waals surface area contributed by atoms with Gasteiger partial charge in [0, 0.05) is 18.4 Å². The molecule has 2 atom stereocenters. The molecule has 0 aliphatic carbocycles. The molecule has 1 fully saturated rings. The molecule has 4 nitrogen and oxygen atoms in total. The fraction of sp³-hybridized carbons (Fsp3) is 0.333. The van der Waals surface area contributed by atoms with Crippen molar-refractivity contribution >= 4 is 5.91 Å². The summed E-state index contributed by atoms with van der Waals surface area (Å²) < 4.78 is 26.6. The van der Waals surface area contributed by atoms with Crippen molar-refractivity contribution in [3.05, 3.63) is 65.0 Å². The van der Waals surface area contributed by atoms with E-state index in [0.29, 0.717) is 12.0 Å². The largest absolute Gasteiger partial charge is 0.391 e. The highest BCUT2D eigenvalue weighted by Crippen LogP contribution is 2.33. The van der Waals surface area contributed by atoms with Gasteiger partial charge >= 0.3 is 0 Å². The number of benzene rings is 1. The van der Waals surface area contributed by atoms with Crippen LogP contribution in [-0.2, 0) is 11.2 Å². The second kappa shape index (κ2) is 6.65. The highest BCUT2D eigenvalue weighted by atomic mass is 19.2. The Morgan fingerprint density at radius 2 is 2.08 bits per heavy atom. The van der Waals surface area contributed by atoms with Gasteiger partial charge in [0.25, 0.3) is 0 Å². The van der Waals surface area contributed by atoms with E-state index in [9.17, 15) is 18.7 Å². The van der Waals surface area contributed by atoms with Crippen molar-refractivity contribution in [2.45, 2.75) is 31.9 Å². The predicted molar refractivity (Wildman–Crippen MR) is 84.1 cm³/mol. The maximum atomic E-state index is 13.5. The molecule has 1 aliphatic rings. The van der Waals surface area contributed by atoms with Gasteiger partial charge in [0.05, 0.1) is 18.6 Å². The average Bonchev–Trinajstić information content (AvgIpc) is 2.94. The standard InChI is InChI=1S/C18H18F2N2O2/c1-11-2-3-12(9-21-11)6-18(24)22-10-14(23)8-17(22)13-4-5-15(19)16(20)7-13/h2-5,7,9,14,17,23H,6,8,10H2,1H3/t14-,17+/m0/s1. The Bertz CT molecular complexity index is 749. The first-order chi connectivity index (χ1) is 11.4. The molecular weight excluding hydrogens is 314 g/mol. The summed E-state index contributed by atoms with van der Waals surface area (Å²) in [6.07, 6.45) is 1.43. The molecule has 6 heteroatoms. The van der Waals surface area contributed by atoms with Crippen molar-refractivity contribution in [2.75, 3.05) is 6.54 Å². The number of β-amino-alcohol motifs (C(OH)–C–C–N with tert-alkyl or cyclic N) is 1. The van der Waals surface area contributed by atoms with Gasteiger partial charge in [-0.1, -0.05) is 12.1 Å². The number of aliphatic hydroxyl groups excluding tert-OH is 1. The Balaban J connectivity index is 1.80. The van der Waals surface area contributed by atoms with E-state index in [1.807, 2.05) is 19.1 Å². The van der Waals surface area contributed by atoms with E-state index in [0.717, 1.165) is 23.4 Å². The number of aliphatic hydroxyl groups is 1. The second-order valence-electron chi connectivity index (χ2n) is 6.11. The molecule has 3 rings (SSSR count). The van der Waals surface area contributed by atoms with Crippen molar-refractivity contribution in [3.63, 3.8) is 0 Å². The van der Waals surface area contributed by atoms with E-state index < -0.39 is 23.8 Å². The molecule has 1 aliphatic heterocycles. The predicted octanol–water partition coefficient (Wildman–Crippen LogP) is 2.55. The molecule has 0 unspecified atom stereocenters. The highest BCUT2D eigenvalue weighted by Gasteiger charge is 2.35. The lowest BCUT2D eigenvalue weighted by Gasteiger charge is -2.25. The Hall–Kier alpha value is -2.34. The monoisotopic (exact) mass is 332 g/mol. The number of amides is 1. The lowest BCUT2D eigenvalue weighted by atomic mass is 10.0. The zero-order valence-electron chi connectivity index (χ0n) is 13.2. The Morgan fingerprint density at radius 1 is 1.29 bits per heavy atom. The number of hydrogen-bond donors (Lipinski definition) is 1. The minimum Gasteiger partial charge on any atom is -0.391 e. The number of aryl methyl sites for hydroxylation is 1. The highest BCUT2D eigenvalue weighted by molar-refractivity contribution is 5.79. The van der Waals surface area contributed by atoms with E-state index in [2.05, 4.69) is 4.98 Å². The van der Waals surface area contributed by atoms with Crippen LogP contribution >= 0.6 is 0 Å². The number of hydrogen-bond acceptors (Lipinski definition) is 3. The summed E-state index contributed by atoms with van der Waals surface area (Å²) in [6.45, 7) is 2.04. The van der Waals surface area contributed by atoms with Crippen molar-refractivity contribution in [3.8, 4) is 0 Å². The topological polar surface area (TPSA) is 53.4 Å². The third-order valence-electron chi connectivity index (χ3n) is 4.26. The molecule has 0 saturated carbocycles. The lowest BCUT2D eigenvalue weighted by molar-refractivity contribution is -0.131.